The second kappa shape index (κ2) is 6.90. The molecule has 1 unspecified atom stereocenters. The van der Waals surface area contributed by atoms with E-state index in [9.17, 15) is 0 Å². The predicted octanol–water partition coefficient (Wildman–Crippen LogP) is 6.75. The van der Waals surface area contributed by atoms with Gasteiger partial charge >= 0.3 is 0 Å². The van der Waals surface area contributed by atoms with Crippen molar-refractivity contribution in [2.75, 3.05) is 0 Å². The van der Waals surface area contributed by atoms with E-state index in [0.717, 1.165) is 6.42 Å². The van der Waals surface area contributed by atoms with Gasteiger partial charge in [-0.05, 0) is 54.7 Å². The quantitative estimate of drug-likeness (QED) is 0.523. The minimum absolute atomic E-state index is 0.185. The summed E-state index contributed by atoms with van der Waals surface area (Å²) in [6, 6.07) is 5.87. The zero-order valence-corrected chi connectivity index (χ0v) is 14.5. The number of halogens is 3. The maximum absolute atomic E-state index is 6.84. The molecular formula is C17H23Cl3. The van der Waals surface area contributed by atoms with Crippen molar-refractivity contribution in [3.8, 4) is 0 Å². The van der Waals surface area contributed by atoms with Gasteiger partial charge in [0.25, 0.3) is 0 Å². The van der Waals surface area contributed by atoms with Crippen LogP contribution >= 0.6 is 34.8 Å². The van der Waals surface area contributed by atoms with E-state index in [1.54, 1.807) is 0 Å². The normalized spacial score (nSPS) is 19.5. The van der Waals surface area contributed by atoms with Crippen molar-refractivity contribution in [1.82, 2.24) is 0 Å². The molecule has 1 fully saturated rings. The molecule has 0 bridgehead atoms. The van der Waals surface area contributed by atoms with Crippen molar-refractivity contribution < 1.29 is 0 Å². The number of hydrogen-bond donors (Lipinski definition) is 0. The topological polar surface area (TPSA) is 0 Å². The van der Waals surface area contributed by atoms with E-state index in [2.05, 4.69) is 13.8 Å². The molecule has 1 atom stereocenters. The van der Waals surface area contributed by atoms with Crippen LogP contribution < -0.4 is 0 Å². The van der Waals surface area contributed by atoms with Gasteiger partial charge in [-0.1, -0.05) is 56.0 Å². The zero-order valence-electron chi connectivity index (χ0n) is 12.3. The summed E-state index contributed by atoms with van der Waals surface area (Å²) in [4.78, 5) is 0. The summed E-state index contributed by atoms with van der Waals surface area (Å²) in [7, 11) is 0. The van der Waals surface area contributed by atoms with Crippen molar-refractivity contribution in [1.29, 1.82) is 0 Å². The Bertz CT molecular complexity index is 448. The van der Waals surface area contributed by atoms with Gasteiger partial charge in [-0.25, -0.2) is 0 Å². The Balaban J connectivity index is 2.12. The summed E-state index contributed by atoms with van der Waals surface area (Å²) in [5.41, 5.74) is 1.50. The lowest BCUT2D eigenvalue weighted by Crippen LogP contribution is -2.31. The number of alkyl halides is 1. The molecular weight excluding hydrogens is 311 g/mol. The molecule has 0 aliphatic heterocycles. The van der Waals surface area contributed by atoms with Gasteiger partial charge in [0, 0.05) is 5.38 Å². The molecule has 0 aromatic heterocycles. The van der Waals surface area contributed by atoms with Gasteiger partial charge in [0.2, 0.25) is 0 Å². The molecule has 0 saturated heterocycles. The average Bonchev–Trinajstić information content (AvgIpc) is 2.83. The van der Waals surface area contributed by atoms with Gasteiger partial charge in [-0.2, -0.15) is 0 Å². The third kappa shape index (κ3) is 3.84. The largest absolute Gasteiger partial charge is 0.122 e. The summed E-state index contributed by atoms with van der Waals surface area (Å²) in [5, 5.41) is 1.42. The fourth-order valence-corrected chi connectivity index (χ4v) is 4.43. The number of hydrogen-bond acceptors (Lipinski definition) is 0. The molecule has 1 aliphatic carbocycles. The summed E-state index contributed by atoms with van der Waals surface area (Å²) in [6.45, 7) is 4.59. The molecule has 3 heteroatoms. The van der Waals surface area contributed by atoms with Crippen LogP contribution in [0, 0.1) is 11.3 Å². The highest BCUT2D eigenvalue weighted by atomic mass is 35.5. The maximum atomic E-state index is 6.84. The molecule has 0 radical (unpaired) electrons. The van der Waals surface area contributed by atoms with Gasteiger partial charge in [0.1, 0.15) is 0 Å². The number of rotatable bonds is 5. The average molecular weight is 334 g/mol. The van der Waals surface area contributed by atoms with Crippen molar-refractivity contribution in [3.63, 3.8) is 0 Å². The molecule has 2 rings (SSSR count). The van der Waals surface area contributed by atoms with Crippen LogP contribution in [-0.2, 0) is 6.42 Å². The maximum Gasteiger partial charge on any atom is 0.0595 e. The Morgan fingerprint density at radius 1 is 1.10 bits per heavy atom. The zero-order chi connectivity index (χ0) is 14.8. The van der Waals surface area contributed by atoms with Gasteiger partial charge < -0.3 is 0 Å². The molecule has 1 aliphatic rings. The third-order valence-electron chi connectivity index (χ3n) is 4.48. The Morgan fingerprint density at radius 2 is 1.75 bits per heavy atom. The lowest BCUT2D eigenvalue weighted by molar-refractivity contribution is 0.221. The molecule has 112 valence electrons. The molecule has 1 saturated carbocycles. The van der Waals surface area contributed by atoms with E-state index < -0.39 is 0 Å². The van der Waals surface area contributed by atoms with Crippen LogP contribution in [0.15, 0.2) is 18.2 Å². The van der Waals surface area contributed by atoms with Gasteiger partial charge in [-0.3, -0.25) is 0 Å². The molecule has 0 amide bonds. The van der Waals surface area contributed by atoms with E-state index in [0.29, 0.717) is 21.4 Å². The molecule has 0 heterocycles. The van der Waals surface area contributed by atoms with Gasteiger partial charge in [0.05, 0.1) is 10.0 Å². The smallest absolute Gasteiger partial charge is 0.0595 e. The number of benzene rings is 1. The first-order chi connectivity index (χ1) is 9.43. The van der Waals surface area contributed by atoms with Crippen molar-refractivity contribution in [3.05, 3.63) is 33.8 Å². The van der Waals surface area contributed by atoms with Crippen LogP contribution in [0.2, 0.25) is 10.0 Å². The second-order valence-corrected chi connectivity index (χ2v) is 7.93. The SMILES string of the molecule is CC(C)CC1(C(Cl)Cc2ccc(Cl)c(Cl)c2)CCCC1. The van der Waals surface area contributed by atoms with Crippen LogP contribution in [0.3, 0.4) is 0 Å². The molecule has 0 spiro atoms. The van der Waals surface area contributed by atoms with E-state index >= 15 is 0 Å². The van der Waals surface area contributed by atoms with E-state index in [1.165, 1.54) is 37.7 Å². The first-order valence-electron chi connectivity index (χ1n) is 7.51. The molecule has 0 N–H and O–H groups in total. The summed E-state index contributed by atoms with van der Waals surface area (Å²) < 4.78 is 0. The summed E-state index contributed by atoms with van der Waals surface area (Å²) >= 11 is 18.9. The Hall–Kier alpha value is 0.0900. The molecule has 1 aromatic carbocycles. The Labute approximate surface area is 137 Å². The Kier molecular flexibility index (Phi) is 5.68. The molecule has 1 aromatic rings. The molecule has 20 heavy (non-hydrogen) atoms. The fourth-order valence-electron chi connectivity index (χ4n) is 3.63. The standard InChI is InChI=1S/C17H23Cl3/c1-12(2)11-17(7-3-4-8-17)16(20)10-13-5-6-14(18)15(19)9-13/h5-6,9,12,16H,3-4,7-8,10-11H2,1-2H3. The fraction of sp³-hybridized carbons (Fsp3) is 0.647. The van der Waals surface area contributed by atoms with E-state index in [4.69, 9.17) is 34.8 Å². The predicted molar refractivity (Wildman–Crippen MR) is 90.2 cm³/mol. The van der Waals surface area contributed by atoms with Gasteiger partial charge in [-0.15, -0.1) is 11.6 Å². The highest BCUT2D eigenvalue weighted by Gasteiger charge is 2.40. The van der Waals surface area contributed by atoms with Crippen LogP contribution in [0.5, 0.6) is 0 Å². The van der Waals surface area contributed by atoms with E-state index in [1.807, 2.05) is 18.2 Å². The monoisotopic (exact) mass is 332 g/mol. The van der Waals surface area contributed by atoms with Crippen LogP contribution in [0.25, 0.3) is 0 Å². The third-order valence-corrected chi connectivity index (χ3v) is 5.83. The van der Waals surface area contributed by atoms with Crippen molar-refractivity contribution in [2.24, 2.45) is 11.3 Å². The van der Waals surface area contributed by atoms with Gasteiger partial charge in [0.15, 0.2) is 0 Å². The lowest BCUT2D eigenvalue weighted by Gasteiger charge is -2.36. The first kappa shape index (κ1) is 16.5. The Morgan fingerprint density at radius 3 is 2.30 bits per heavy atom. The highest BCUT2D eigenvalue weighted by molar-refractivity contribution is 6.42. The summed E-state index contributed by atoms with van der Waals surface area (Å²) in [6.07, 6.45) is 7.27. The van der Waals surface area contributed by atoms with Crippen LogP contribution in [-0.4, -0.2) is 5.38 Å². The van der Waals surface area contributed by atoms with Crippen molar-refractivity contribution in [2.45, 2.75) is 57.7 Å². The highest BCUT2D eigenvalue weighted by Crippen LogP contribution is 2.49. The minimum atomic E-state index is 0.185. The molecule has 0 nitrogen and oxygen atoms in total. The van der Waals surface area contributed by atoms with Crippen LogP contribution in [0.1, 0.15) is 51.5 Å². The second-order valence-electron chi connectivity index (χ2n) is 6.59. The first-order valence-corrected chi connectivity index (χ1v) is 8.70. The van der Waals surface area contributed by atoms with E-state index in [-0.39, 0.29) is 5.38 Å². The lowest BCUT2D eigenvalue weighted by atomic mass is 9.74. The summed E-state index contributed by atoms with van der Waals surface area (Å²) in [5.74, 6) is 0.697. The minimum Gasteiger partial charge on any atom is -0.122 e. The van der Waals surface area contributed by atoms with Crippen molar-refractivity contribution >= 4 is 34.8 Å². The van der Waals surface area contributed by atoms with Crippen LogP contribution in [0.4, 0.5) is 0 Å².